The Balaban J connectivity index is 1.24. The van der Waals surface area contributed by atoms with Gasteiger partial charge in [0.25, 0.3) is 5.91 Å². The van der Waals surface area contributed by atoms with Crippen LogP contribution in [0, 0.1) is 11.7 Å². The van der Waals surface area contributed by atoms with Crippen molar-refractivity contribution in [2.24, 2.45) is 5.92 Å². The summed E-state index contributed by atoms with van der Waals surface area (Å²) < 4.78 is 13.4. The monoisotopic (exact) mass is 416 g/mol. The average Bonchev–Trinajstić information content (AvgIpc) is 3.61. The summed E-state index contributed by atoms with van der Waals surface area (Å²) in [5.41, 5.74) is 0.359. The van der Waals surface area contributed by atoms with Crippen LogP contribution in [0.4, 0.5) is 4.39 Å². The normalized spacial score (nSPS) is 20.8. The molecule has 4 rings (SSSR count). The van der Waals surface area contributed by atoms with E-state index < -0.39 is 5.82 Å². The highest BCUT2D eigenvalue weighted by Gasteiger charge is 2.35. The molecule has 7 nitrogen and oxygen atoms in total. The van der Waals surface area contributed by atoms with Gasteiger partial charge in [0.2, 0.25) is 11.8 Å². The average molecular weight is 416 g/mol. The fourth-order valence-corrected chi connectivity index (χ4v) is 4.19. The maximum Gasteiger partial charge on any atom is 0.254 e. The van der Waals surface area contributed by atoms with Crippen molar-refractivity contribution < 1.29 is 18.8 Å². The Kier molecular flexibility index (Phi) is 6.32. The molecule has 3 fully saturated rings. The van der Waals surface area contributed by atoms with Gasteiger partial charge in [-0.3, -0.25) is 19.3 Å². The number of hydrogen-bond acceptors (Lipinski definition) is 4. The molecule has 1 saturated carbocycles. The van der Waals surface area contributed by atoms with E-state index in [1.54, 1.807) is 17.0 Å². The van der Waals surface area contributed by atoms with Gasteiger partial charge in [0.15, 0.2) is 0 Å². The molecule has 0 unspecified atom stereocenters. The Morgan fingerprint density at radius 1 is 0.867 bits per heavy atom. The van der Waals surface area contributed by atoms with Gasteiger partial charge in [0.1, 0.15) is 5.82 Å². The van der Waals surface area contributed by atoms with Gasteiger partial charge < -0.3 is 14.7 Å². The lowest BCUT2D eigenvalue weighted by atomic mass is 10.2. The number of halogens is 1. The molecule has 2 heterocycles. The Bertz CT molecular complexity index is 805. The van der Waals surface area contributed by atoms with E-state index in [0.29, 0.717) is 57.9 Å². The minimum atomic E-state index is -0.415. The highest BCUT2D eigenvalue weighted by atomic mass is 19.1. The first-order valence-electron chi connectivity index (χ1n) is 10.8. The van der Waals surface area contributed by atoms with Crippen LogP contribution in [0.1, 0.15) is 29.6 Å². The molecule has 3 aliphatic rings. The molecule has 0 atom stereocenters. The number of carbonyl (C=O) groups excluding carboxylic acids is 3. The molecular weight excluding hydrogens is 387 g/mol. The van der Waals surface area contributed by atoms with Gasteiger partial charge in [0.05, 0.1) is 6.54 Å². The van der Waals surface area contributed by atoms with Crippen LogP contribution in [0.15, 0.2) is 24.3 Å². The summed E-state index contributed by atoms with van der Waals surface area (Å²) in [6.07, 6.45) is 2.79. The van der Waals surface area contributed by atoms with E-state index in [2.05, 4.69) is 4.90 Å². The summed E-state index contributed by atoms with van der Waals surface area (Å²) in [6.45, 7) is 5.25. The standard InChI is InChI=1S/C22H29FN4O3/c23-19-4-1-3-18(15-19)22(30)26-8-2-7-24(9-10-26)16-20(28)25-11-13-27(14-12-25)21(29)17-5-6-17/h1,3-4,15,17H,2,5-14,16H2. The van der Waals surface area contributed by atoms with Gasteiger partial charge in [-0.1, -0.05) is 6.07 Å². The Morgan fingerprint density at radius 2 is 1.57 bits per heavy atom. The number of rotatable bonds is 4. The molecule has 30 heavy (non-hydrogen) atoms. The summed E-state index contributed by atoms with van der Waals surface area (Å²) in [4.78, 5) is 45.1. The maximum atomic E-state index is 13.4. The fourth-order valence-electron chi connectivity index (χ4n) is 4.19. The number of benzene rings is 1. The third-order valence-electron chi connectivity index (χ3n) is 6.18. The Morgan fingerprint density at radius 3 is 2.27 bits per heavy atom. The zero-order valence-corrected chi connectivity index (χ0v) is 17.3. The number of carbonyl (C=O) groups is 3. The van der Waals surface area contributed by atoms with E-state index in [4.69, 9.17) is 0 Å². The van der Waals surface area contributed by atoms with E-state index in [9.17, 15) is 18.8 Å². The molecule has 0 radical (unpaired) electrons. The molecule has 0 aromatic heterocycles. The molecule has 1 aromatic rings. The quantitative estimate of drug-likeness (QED) is 0.736. The SMILES string of the molecule is O=C(CN1CCCN(C(=O)c2cccc(F)c2)CC1)N1CCN(C(=O)C2CC2)CC1. The third kappa shape index (κ3) is 4.98. The zero-order valence-electron chi connectivity index (χ0n) is 17.3. The molecule has 0 bridgehead atoms. The van der Waals surface area contributed by atoms with Crippen LogP contribution < -0.4 is 0 Å². The molecule has 8 heteroatoms. The lowest BCUT2D eigenvalue weighted by Crippen LogP contribution is -2.53. The first kappa shape index (κ1) is 20.8. The molecular formula is C22H29FN4O3. The molecule has 0 N–H and O–H groups in total. The minimum absolute atomic E-state index is 0.0819. The smallest absolute Gasteiger partial charge is 0.254 e. The highest BCUT2D eigenvalue weighted by molar-refractivity contribution is 5.94. The maximum absolute atomic E-state index is 13.4. The Labute approximate surface area is 176 Å². The number of piperazine rings is 1. The fraction of sp³-hybridized carbons (Fsp3) is 0.591. The number of nitrogens with zero attached hydrogens (tertiary/aromatic N) is 4. The van der Waals surface area contributed by atoms with Crippen LogP contribution in [0.2, 0.25) is 0 Å². The van der Waals surface area contributed by atoms with Gasteiger partial charge in [0, 0.05) is 63.8 Å². The topological polar surface area (TPSA) is 64.2 Å². The van der Waals surface area contributed by atoms with Crippen LogP contribution in [-0.4, -0.2) is 96.2 Å². The van der Waals surface area contributed by atoms with Crippen molar-refractivity contribution in [1.82, 2.24) is 19.6 Å². The second-order valence-corrected chi connectivity index (χ2v) is 8.41. The molecule has 3 amide bonds. The summed E-state index contributed by atoms with van der Waals surface area (Å²) in [7, 11) is 0. The predicted octanol–water partition coefficient (Wildman–Crippen LogP) is 1.05. The molecule has 2 saturated heterocycles. The molecule has 1 aliphatic carbocycles. The van der Waals surface area contributed by atoms with Crippen LogP contribution in [0.5, 0.6) is 0 Å². The summed E-state index contributed by atoms with van der Waals surface area (Å²) >= 11 is 0. The van der Waals surface area contributed by atoms with E-state index in [1.807, 2.05) is 9.80 Å². The van der Waals surface area contributed by atoms with Crippen molar-refractivity contribution in [3.63, 3.8) is 0 Å². The van der Waals surface area contributed by atoms with Crippen molar-refractivity contribution in [3.05, 3.63) is 35.6 Å². The largest absolute Gasteiger partial charge is 0.339 e. The second kappa shape index (κ2) is 9.12. The van der Waals surface area contributed by atoms with Gasteiger partial charge in [-0.25, -0.2) is 4.39 Å². The third-order valence-corrected chi connectivity index (χ3v) is 6.18. The highest BCUT2D eigenvalue weighted by Crippen LogP contribution is 2.31. The van der Waals surface area contributed by atoms with Crippen molar-refractivity contribution in [1.29, 1.82) is 0 Å². The second-order valence-electron chi connectivity index (χ2n) is 8.41. The number of hydrogen-bond donors (Lipinski definition) is 0. The van der Waals surface area contributed by atoms with Crippen molar-refractivity contribution in [2.75, 3.05) is 58.9 Å². The lowest BCUT2D eigenvalue weighted by molar-refractivity contribution is -0.140. The first-order valence-corrected chi connectivity index (χ1v) is 10.8. The Hall–Kier alpha value is -2.48. The first-order chi connectivity index (χ1) is 14.5. The van der Waals surface area contributed by atoms with Crippen molar-refractivity contribution in [3.8, 4) is 0 Å². The zero-order chi connectivity index (χ0) is 21.1. The van der Waals surface area contributed by atoms with Gasteiger partial charge in [-0.15, -0.1) is 0 Å². The van der Waals surface area contributed by atoms with E-state index in [0.717, 1.165) is 25.8 Å². The van der Waals surface area contributed by atoms with Crippen LogP contribution in [0.25, 0.3) is 0 Å². The summed E-state index contributed by atoms with van der Waals surface area (Å²) in [5.74, 6) is -0.0283. The van der Waals surface area contributed by atoms with E-state index in [1.165, 1.54) is 12.1 Å². The van der Waals surface area contributed by atoms with E-state index in [-0.39, 0.29) is 23.6 Å². The molecule has 162 valence electrons. The summed E-state index contributed by atoms with van der Waals surface area (Å²) in [5, 5.41) is 0. The molecule has 0 spiro atoms. The van der Waals surface area contributed by atoms with Crippen molar-refractivity contribution >= 4 is 17.7 Å². The van der Waals surface area contributed by atoms with E-state index >= 15 is 0 Å². The van der Waals surface area contributed by atoms with Gasteiger partial charge in [-0.2, -0.15) is 0 Å². The van der Waals surface area contributed by atoms with Gasteiger partial charge >= 0.3 is 0 Å². The molecule has 1 aromatic carbocycles. The molecule has 2 aliphatic heterocycles. The minimum Gasteiger partial charge on any atom is -0.339 e. The van der Waals surface area contributed by atoms with Crippen molar-refractivity contribution in [2.45, 2.75) is 19.3 Å². The van der Waals surface area contributed by atoms with Crippen LogP contribution >= 0.6 is 0 Å². The predicted molar refractivity (Wildman–Crippen MR) is 109 cm³/mol. The summed E-state index contributed by atoms with van der Waals surface area (Å²) in [6, 6.07) is 5.77. The lowest BCUT2D eigenvalue weighted by Gasteiger charge is -2.36. The number of amides is 3. The van der Waals surface area contributed by atoms with Crippen LogP contribution in [0.3, 0.4) is 0 Å². The van der Waals surface area contributed by atoms with Crippen LogP contribution in [-0.2, 0) is 9.59 Å². The van der Waals surface area contributed by atoms with Gasteiger partial charge in [-0.05, 0) is 37.5 Å².